The van der Waals surface area contributed by atoms with Crippen LogP contribution in [0.1, 0.15) is 10.4 Å². The monoisotopic (exact) mass is 295 g/mol. The Morgan fingerprint density at radius 2 is 1.62 bits per heavy atom. The summed E-state index contributed by atoms with van der Waals surface area (Å²) in [5.74, 6) is -1.09. The van der Waals surface area contributed by atoms with E-state index in [1.54, 1.807) is 0 Å². The Kier molecular flexibility index (Phi) is 4.22. The molecule has 0 aromatic heterocycles. The molecule has 0 aliphatic rings. The van der Waals surface area contributed by atoms with Gasteiger partial charge in [-0.2, -0.15) is 8.78 Å². The minimum absolute atomic E-state index is 0.0296. The molecule has 2 aromatic rings. The highest BCUT2D eigenvalue weighted by Crippen LogP contribution is 2.22. The number of anilines is 1. The first kappa shape index (κ1) is 14.6. The topological polar surface area (TPSA) is 78.8 Å². The highest BCUT2D eigenvalue weighted by atomic mass is 19.3. The van der Waals surface area contributed by atoms with Gasteiger partial charge in [-0.15, -0.1) is 0 Å². The summed E-state index contributed by atoms with van der Waals surface area (Å²) in [6, 6.07) is 8.79. The third kappa shape index (κ3) is 4.07. The number of carbonyl (C=O) groups excluding carboxylic acids is 1. The van der Waals surface area contributed by atoms with Crippen molar-refractivity contribution in [3.05, 3.63) is 48.0 Å². The maximum atomic E-state index is 12.0. The van der Waals surface area contributed by atoms with Crippen LogP contribution in [-0.4, -0.2) is 22.7 Å². The highest BCUT2D eigenvalue weighted by molar-refractivity contribution is 6.04. The van der Waals surface area contributed by atoms with Crippen LogP contribution >= 0.6 is 0 Å². The summed E-state index contributed by atoms with van der Waals surface area (Å²) >= 11 is 0. The fourth-order valence-corrected chi connectivity index (χ4v) is 1.65. The smallest absolute Gasteiger partial charge is 0.387 e. The van der Waals surface area contributed by atoms with Gasteiger partial charge in [0.2, 0.25) is 0 Å². The van der Waals surface area contributed by atoms with Crippen LogP contribution in [0.3, 0.4) is 0 Å². The van der Waals surface area contributed by atoms with E-state index in [-0.39, 0.29) is 22.8 Å². The highest BCUT2D eigenvalue weighted by Gasteiger charge is 2.09. The molecule has 0 unspecified atom stereocenters. The van der Waals surface area contributed by atoms with Gasteiger partial charge in [-0.1, -0.05) is 0 Å². The average Bonchev–Trinajstić information content (AvgIpc) is 2.39. The number of hydrogen-bond donors (Lipinski definition) is 3. The summed E-state index contributed by atoms with van der Waals surface area (Å²) in [5.41, 5.74) is 0.407. The molecular weight excluding hydrogens is 284 g/mol. The summed E-state index contributed by atoms with van der Waals surface area (Å²) in [5, 5.41) is 21.1. The van der Waals surface area contributed by atoms with E-state index in [9.17, 15) is 23.8 Å². The summed E-state index contributed by atoms with van der Waals surface area (Å²) in [6.45, 7) is -2.92. The van der Waals surface area contributed by atoms with Gasteiger partial charge in [-0.05, 0) is 36.4 Å². The third-order valence-electron chi connectivity index (χ3n) is 2.50. The maximum Gasteiger partial charge on any atom is 0.387 e. The predicted molar refractivity (Wildman–Crippen MR) is 70.8 cm³/mol. The molecule has 0 saturated heterocycles. The summed E-state index contributed by atoms with van der Waals surface area (Å²) in [7, 11) is 0. The van der Waals surface area contributed by atoms with E-state index in [0.717, 1.165) is 6.07 Å². The average molecular weight is 295 g/mol. The number of alkyl halides is 2. The Hall–Kier alpha value is -2.83. The molecule has 7 heteroatoms. The number of halogens is 2. The van der Waals surface area contributed by atoms with Gasteiger partial charge in [0.25, 0.3) is 5.91 Å². The molecule has 5 nitrogen and oxygen atoms in total. The van der Waals surface area contributed by atoms with Gasteiger partial charge in [0, 0.05) is 17.3 Å². The first-order valence-electron chi connectivity index (χ1n) is 5.83. The maximum absolute atomic E-state index is 12.0. The number of amides is 1. The van der Waals surface area contributed by atoms with Crippen molar-refractivity contribution in [1.82, 2.24) is 0 Å². The van der Waals surface area contributed by atoms with E-state index in [1.807, 2.05) is 0 Å². The molecule has 1 amide bonds. The van der Waals surface area contributed by atoms with E-state index >= 15 is 0 Å². The zero-order chi connectivity index (χ0) is 15.4. The number of phenolic OH excluding ortho intramolecular Hbond substituents is 2. The molecule has 3 N–H and O–H groups in total. The van der Waals surface area contributed by atoms with Gasteiger partial charge < -0.3 is 20.3 Å². The Labute approximate surface area is 118 Å². The zero-order valence-electron chi connectivity index (χ0n) is 10.6. The fourth-order valence-electron chi connectivity index (χ4n) is 1.65. The van der Waals surface area contributed by atoms with Gasteiger partial charge in [0.1, 0.15) is 17.2 Å². The predicted octanol–water partition coefficient (Wildman–Crippen LogP) is 2.95. The second kappa shape index (κ2) is 6.08. The molecule has 0 atom stereocenters. The van der Waals surface area contributed by atoms with Gasteiger partial charge in [-0.25, -0.2) is 0 Å². The minimum atomic E-state index is -2.92. The van der Waals surface area contributed by atoms with E-state index in [2.05, 4.69) is 10.1 Å². The molecule has 2 rings (SSSR count). The molecule has 0 fully saturated rings. The van der Waals surface area contributed by atoms with Crippen molar-refractivity contribution < 1.29 is 28.5 Å². The van der Waals surface area contributed by atoms with Crippen molar-refractivity contribution >= 4 is 11.6 Å². The van der Waals surface area contributed by atoms with E-state index in [0.29, 0.717) is 5.69 Å². The third-order valence-corrected chi connectivity index (χ3v) is 2.50. The van der Waals surface area contributed by atoms with Crippen molar-refractivity contribution in [3.8, 4) is 17.2 Å². The molecule has 0 saturated carbocycles. The number of nitrogens with one attached hydrogen (secondary N) is 1. The van der Waals surface area contributed by atoms with Crippen molar-refractivity contribution in [1.29, 1.82) is 0 Å². The van der Waals surface area contributed by atoms with Crippen molar-refractivity contribution in [3.63, 3.8) is 0 Å². The molecule has 0 radical (unpaired) electrons. The number of aromatic hydroxyl groups is 2. The Morgan fingerprint density at radius 3 is 2.14 bits per heavy atom. The van der Waals surface area contributed by atoms with Crippen LogP contribution < -0.4 is 10.1 Å². The molecule has 0 heterocycles. The van der Waals surface area contributed by atoms with Gasteiger partial charge in [0.15, 0.2) is 0 Å². The largest absolute Gasteiger partial charge is 0.508 e. The minimum Gasteiger partial charge on any atom is -0.508 e. The Morgan fingerprint density at radius 1 is 1.05 bits per heavy atom. The number of carbonyl (C=O) groups is 1. The number of ether oxygens (including phenoxy) is 1. The van der Waals surface area contributed by atoms with Gasteiger partial charge >= 0.3 is 6.61 Å². The van der Waals surface area contributed by atoms with Crippen LogP contribution in [-0.2, 0) is 0 Å². The number of benzene rings is 2. The van der Waals surface area contributed by atoms with Crippen LogP contribution in [0.2, 0.25) is 0 Å². The molecule has 0 spiro atoms. The molecule has 21 heavy (non-hydrogen) atoms. The second-order valence-corrected chi connectivity index (χ2v) is 4.10. The molecule has 0 aliphatic heterocycles. The normalized spacial score (nSPS) is 10.4. The Bertz CT molecular complexity index is 624. The second-order valence-electron chi connectivity index (χ2n) is 4.10. The van der Waals surface area contributed by atoms with Crippen LogP contribution in [0.25, 0.3) is 0 Å². The lowest BCUT2D eigenvalue weighted by Crippen LogP contribution is -2.11. The van der Waals surface area contributed by atoms with Crippen LogP contribution in [0, 0.1) is 0 Å². The molecule has 110 valence electrons. The SMILES string of the molecule is O=C(Nc1ccc(OC(F)F)cc1)c1cc(O)cc(O)c1. The standard InChI is InChI=1S/C14H11F2NO4/c15-14(16)21-12-3-1-9(2-4-12)17-13(20)8-5-10(18)7-11(19)6-8/h1-7,14,18-19H,(H,17,20). The van der Waals surface area contributed by atoms with Crippen molar-refractivity contribution in [2.75, 3.05) is 5.32 Å². The fraction of sp³-hybridized carbons (Fsp3) is 0.0714. The molecular formula is C14H11F2NO4. The van der Waals surface area contributed by atoms with E-state index < -0.39 is 12.5 Å². The van der Waals surface area contributed by atoms with Crippen LogP contribution in [0.4, 0.5) is 14.5 Å². The number of phenols is 2. The molecule has 0 bridgehead atoms. The number of hydrogen-bond acceptors (Lipinski definition) is 4. The summed E-state index contributed by atoms with van der Waals surface area (Å²) in [4.78, 5) is 11.9. The Balaban J connectivity index is 2.08. The summed E-state index contributed by atoms with van der Waals surface area (Å²) in [6.07, 6.45) is 0. The van der Waals surface area contributed by atoms with E-state index in [4.69, 9.17) is 0 Å². The van der Waals surface area contributed by atoms with Gasteiger partial charge in [-0.3, -0.25) is 4.79 Å². The lowest BCUT2D eigenvalue weighted by atomic mass is 10.2. The van der Waals surface area contributed by atoms with Crippen LogP contribution in [0.5, 0.6) is 17.2 Å². The zero-order valence-corrected chi connectivity index (χ0v) is 10.6. The molecule has 2 aromatic carbocycles. The first-order valence-corrected chi connectivity index (χ1v) is 5.83. The first-order chi connectivity index (χ1) is 9.94. The lowest BCUT2D eigenvalue weighted by molar-refractivity contribution is -0.0498. The van der Waals surface area contributed by atoms with Gasteiger partial charge in [0.05, 0.1) is 0 Å². The number of rotatable bonds is 4. The summed E-state index contributed by atoms with van der Waals surface area (Å²) < 4.78 is 28.2. The van der Waals surface area contributed by atoms with Crippen molar-refractivity contribution in [2.24, 2.45) is 0 Å². The van der Waals surface area contributed by atoms with Crippen LogP contribution in [0.15, 0.2) is 42.5 Å². The lowest BCUT2D eigenvalue weighted by Gasteiger charge is -2.08. The van der Waals surface area contributed by atoms with E-state index in [1.165, 1.54) is 36.4 Å². The van der Waals surface area contributed by atoms with Crippen molar-refractivity contribution in [2.45, 2.75) is 6.61 Å². The quantitative estimate of drug-likeness (QED) is 0.810. The molecule has 0 aliphatic carbocycles.